The number of methoxy groups -OCH3 is 1. The van der Waals surface area contributed by atoms with Gasteiger partial charge in [0.2, 0.25) is 0 Å². The van der Waals surface area contributed by atoms with Gasteiger partial charge in [0.1, 0.15) is 5.41 Å². The molecule has 26 heavy (non-hydrogen) atoms. The standard InChI is InChI=1S/C19H32O6Si/c1-17(2,3)26(6,7)25-15-11-12(20)10-13-18(4,23)9-8-14(21)19(13,15)16(22)24-5/h10,14-15,21,23H,8-9,11H2,1-7H3/t14-,15+,18-,19+/m0/s1. The normalized spacial score (nSPS) is 35.6. The quantitative estimate of drug-likeness (QED) is 0.573. The van der Waals surface area contributed by atoms with Gasteiger partial charge in [-0.3, -0.25) is 9.59 Å². The molecule has 0 spiro atoms. The molecule has 0 bridgehead atoms. The van der Waals surface area contributed by atoms with Gasteiger partial charge in [-0.15, -0.1) is 0 Å². The van der Waals surface area contributed by atoms with Crippen LogP contribution in [0.4, 0.5) is 0 Å². The molecule has 0 aromatic carbocycles. The fourth-order valence-corrected chi connectivity index (χ4v) is 5.18. The third kappa shape index (κ3) is 3.19. The van der Waals surface area contributed by atoms with Crippen molar-refractivity contribution in [1.82, 2.24) is 0 Å². The van der Waals surface area contributed by atoms with Crippen molar-refractivity contribution < 1.29 is 29.0 Å². The molecule has 0 aromatic heterocycles. The van der Waals surface area contributed by atoms with Crippen LogP contribution in [0.1, 0.15) is 47.0 Å². The molecule has 148 valence electrons. The van der Waals surface area contributed by atoms with E-state index in [1.807, 2.05) is 13.1 Å². The molecule has 2 aliphatic carbocycles. The van der Waals surface area contributed by atoms with E-state index in [2.05, 4.69) is 20.8 Å². The highest BCUT2D eigenvalue weighted by molar-refractivity contribution is 6.74. The summed E-state index contributed by atoms with van der Waals surface area (Å²) in [6, 6.07) is 0. The Bertz CT molecular complexity index is 630. The summed E-state index contributed by atoms with van der Waals surface area (Å²) in [7, 11) is -1.11. The first-order valence-electron chi connectivity index (χ1n) is 9.12. The van der Waals surface area contributed by atoms with Gasteiger partial charge in [0, 0.05) is 6.42 Å². The Hall–Kier alpha value is -1.02. The summed E-state index contributed by atoms with van der Waals surface area (Å²) in [5.74, 6) is -0.870. The zero-order valence-electron chi connectivity index (χ0n) is 16.9. The van der Waals surface area contributed by atoms with Crippen LogP contribution in [0.5, 0.6) is 0 Å². The van der Waals surface area contributed by atoms with Crippen LogP contribution in [0.15, 0.2) is 11.6 Å². The second kappa shape index (κ2) is 6.55. The van der Waals surface area contributed by atoms with Crippen molar-refractivity contribution in [2.24, 2.45) is 5.41 Å². The number of hydrogen-bond donors (Lipinski definition) is 2. The summed E-state index contributed by atoms with van der Waals surface area (Å²) in [6.07, 6.45) is -0.151. The topological polar surface area (TPSA) is 93.1 Å². The van der Waals surface area contributed by atoms with Crippen molar-refractivity contribution in [3.05, 3.63) is 11.6 Å². The monoisotopic (exact) mass is 384 g/mol. The summed E-state index contributed by atoms with van der Waals surface area (Å²) in [4.78, 5) is 25.4. The number of allylic oxidation sites excluding steroid dienone is 1. The lowest BCUT2D eigenvalue weighted by molar-refractivity contribution is -0.177. The molecule has 1 saturated carbocycles. The van der Waals surface area contributed by atoms with Gasteiger partial charge in [-0.05, 0) is 49.5 Å². The number of aliphatic hydroxyl groups excluding tert-OH is 1. The van der Waals surface area contributed by atoms with E-state index in [0.29, 0.717) is 0 Å². The first-order chi connectivity index (χ1) is 11.7. The van der Waals surface area contributed by atoms with Gasteiger partial charge in [0.05, 0.1) is 24.9 Å². The summed E-state index contributed by atoms with van der Waals surface area (Å²) in [5, 5.41) is 21.7. The number of carbonyl (C=O) groups is 2. The van der Waals surface area contributed by atoms with Crippen LogP contribution in [0.2, 0.25) is 18.1 Å². The van der Waals surface area contributed by atoms with E-state index in [9.17, 15) is 19.8 Å². The molecule has 6 nitrogen and oxygen atoms in total. The fraction of sp³-hybridized carbons (Fsp3) is 0.789. The number of fused-ring (bicyclic) bond motifs is 1. The van der Waals surface area contributed by atoms with Crippen molar-refractivity contribution >= 4 is 20.1 Å². The zero-order chi connectivity index (χ0) is 20.1. The van der Waals surface area contributed by atoms with Crippen molar-refractivity contribution in [2.75, 3.05) is 7.11 Å². The summed E-state index contributed by atoms with van der Waals surface area (Å²) < 4.78 is 11.5. The number of esters is 1. The van der Waals surface area contributed by atoms with Crippen LogP contribution in [0, 0.1) is 5.41 Å². The molecular formula is C19H32O6Si. The highest BCUT2D eigenvalue weighted by atomic mass is 28.4. The molecule has 0 aliphatic heterocycles. The van der Waals surface area contributed by atoms with E-state index < -0.39 is 37.5 Å². The highest BCUT2D eigenvalue weighted by Gasteiger charge is 2.64. The van der Waals surface area contributed by atoms with E-state index in [0.717, 1.165) is 0 Å². The van der Waals surface area contributed by atoms with Crippen molar-refractivity contribution in [2.45, 2.75) is 82.9 Å². The van der Waals surface area contributed by atoms with E-state index in [4.69, 9.17) is 9.16 Å². The molecule has 0 unspecified atom stereocenters. The molecule has 0 heterocycles. The fourth-order valence-electron chi connectivity index (χ4n) is 3.85. The first kappa shape index (κ1) is 21.3. The van der Waals surface area contributed by atoms with E-state index >= 15 is 0 Å². The number of aliphatic hydroxyl groups is 2. The lowest BCUT2D eigenvalue weighted by atomic mass is 9.56. The Morgan fingerprint density at radius 2 is 1.92 bits per heavy atom. The molecule has 4 atom stereocenters. The molecule has 1 fully saturated rings. The maximum absolute atomic E-state index is 13.0. The molecule has 7 heteroatoms. The van der Waals surface area contributed by atoms with Gasteiger partial charge in [-0.2, -0.15) is 0 Å². The number of hydrogen-bond acceptors (Lipinski definition) is 6. The predicted octanol–water partition coefficient (Wildman–Crippen LogP) is 2.34. The number of rotatable bonds is 3. The second-order valence-electron chi connectivity index (χ2n) is 9.28. The Kier molecular flexibility index (Phi) is 5.36. The van der Waals surface area contributed by atoms with Crippen LogP contribution < -0.4 is 0 Å². The average Bonchev–Trinajstić information content (AvgIpc) is 2.49. The van der Waals surface area contributed by atoms with Gasteiger partial charge in [-0.25, -0.2) is 0 Å². The molecule has 2 N–H and O–H groups in total. The van der Waals surface area contributed by atoms with Crippen LogP contribution in [-0.4, -0.2) is 55.2 Å². The largest absolute Gasteiger partial charge is 0.468 e. The molecule has 0 amide bonds. The summed E-state index contributed by atoms with van der Waals surface area (Å²) in [6.45, 7) is 11.8. The summed E-state index contributed by atoms with van der Waals surface area (Å²) in [5.41, 5.74) is -2.71. The van der Waals surface area contributed by atoms with Crippen LogP contribution in [-0.2, 0) is 18.8 Å². The van der Waals surface area contributed by atoms with Gasteiger partial charge < -0.3 is 19.4 Å². The molecule has 0 aromatic rings. The second-order valence-corrected chi connectivity index (χ2v) is 14.0. The number of ether oxygens (including phenoxy) is 1. The smallest absolute Gasteiger partial charge is 0.321 e. The first-order valence-corrected chi connectivity index (χ1v) is 12.0. The minimum Gasteiger partial charge on any atom is -0.468 e. The Balaban J connectivity index is 2.66. The number of ketones is 1. The molecule has 0 radical (unpaired) electrons. The van der Waals surface area contributed by atoms with Crippen LogP contribution >= 0.6 is 0 Å². The average molecular weight is 385 g/mol. The summed E-state index contributed by atoms with van der Waals surface area (Å²) >= 11 is 0. The SMILES string of the molecule is COC(=O)[C@@]12C(=CC(=O)C[C@H]1O[Si](C)(C)C(C)(C)C)[C@@](C)(O)CC[C@@H]2O. The minimum atomic E-state index is -2.36. The van der Waals surface area contributed by atoms with E-state index in [1.54, 1.807) is 6.92 Å². The lowest BCUT2D eigenvalue weighted by Gasteiger charge is -2.54. The Labute approximate surface area is 156 Å². The maximum Gasteiger partial charge on any atom is 0.321 e. The molecular weight excluding hydrogens is 352 g/mol. The lowest BCUT2D eigenvalue weighted by Crippen LogP contribution is -2.65. The minimum absolute atomic E-state index is 0.0156. The van der Waals surface area contributed by atoms with Crippen LogP contribution in [0.25, 0.3) is 0 Å². The molecule has 0 saturated heterocycles. The predicted molar refractivity (Wildman–Crippen MR) is 100 cm³/mol. The zero-order valence-corrected chi connectivity index (χ0v) is 17.9. The maximum atomic E-state index is 13.0. The Morgan fingerprint density at radius 3 is 2.42 bits per heavy atom. The molecule has 2 aliphatic rings. The van der Waals surface area contributed by atoms with Crippen molar-refractivity contribution in [3.8, 4) is 0 Å². The van der Waals surface area contributed by atoms with E-state index in [-0.39, 0.29) is 35.7 Å². The van der Waals surface area contributed by atoms with E-state index in [1.165, 1.54) is 13.2 Å². The third-order valence-electron chi connectivity index (χ3n) is 6.42. The van der Waals surface area contributed by atoms with Crippen molar-refractivity contribution in [3.63, 3.8) is 0 Å². The van der Waals surface area contributed by atoms with Crippen molar-refractivity contribution in [1.29, 1.82) is 0 Å². The number of carbonyl (C=O) groups excluding carboxylic acids is 2. The third-order valence-corrected chi connectivity index (χ3v) is 10.9. The highest BCUT2D eigenvalue weighted by Crippen LogP contribution is 2.54. The molecule has 2 rings (SSSR count). The Morgan fingerprint density at radius 1 is 1.35 bits per heavy atom. The van der Waals surface area contributed by atoms with Gasteiger partial charge in [0.15, 0.2) is 14.1 Å². The van der Waals surface area contributed by atoms with Gasteiger partial charge in [-0.1, -0.05) is 20.8 Å². The van der Waals surface area contributed by atoms with Gasteiger partial charge >= 0.3 is 5.97 Å². The van der Waals surface area contributed by atoms with Gasteiger partial charge in [0.25, 0.3) is 0 Å². The van der Waals surface area contributed by atoms with Crippen LogP contribution in [0.3, 0.4) is 0 Å².